The van der Waals surface area contributed by atoms with Gasteiger partial charge in [0, 0.05) is 12.6 Å². The number of nitrogens with one attached hydrogen (secondary N) is 1. The highest BCUT2D eigenvalue weighted by Gasteiger charge is 2.19. The molecule has 0 bridgehead atoms. The number of halogens is 1. The van der Waals surface area contributed by atoms with Gasteiger partial charge in [-0.2, -0.15) is 0 Å². The second-order valence-electron chi connectivity index (χ2n) is 4.67. The molecule has 1 aromatic rings. The van der Waals surface area contributed by atoms with Crippen molar-refractivity contribution in [2.75, 3.05) is 6.54 Å². The summed E-state index contributed by atoms with van der Waals surface area (Å²) >= 11 is 0. The smallest absolute Gasteiger partial charge is 0.240 e. The average Bonchev–Trinajstić information content (AvgIpc) is 2.29. The molecule has 0 aromatic heterocycles. The van der Waals surface area contributed by atoms with E-state index in [9.17, 15) is 12.8 Å². The van der Waals surface area contributed by atoms with E-state index in [-0.39, 0.29) is 23.4 Å². The van der Waals surface area contributed by atoms with Crippen LogP contribution in [0.3, 0.4) is 0 Å². The molecule has 6 heteroatoms. The minimum atomic E-state index is -3.71. The molecule has 0 radical (unpaired) electrons. The summed E-state index contributed by atoms with van der Waals surface area (Å²) in [5.74, 6) is -0.407. The molecule has 0 heterocycles. The van der Waals surface area contributed by atoms with Crippen LogP contribution in [0.25, 0.3) is 0 Å². The lowest BCUT2D eigenvalue weighted by Gasteiger charge is -2.16. The molecule has 0 aliphatic rings. The minimum Gasteiger partial charge on any atom is -0.326 e. The van der Waals surface area contributed by atoms with Gasteiger partial charge < -0.3 is 5.73 Å². The summed E-state index contributed by atoms with van der Waals surface area (Å²) in [6.45, 7) is 5.57. The van der Waals surface area contributed by atoms with E-state index in [4.69, 9.17) is 5.73 Å². The van der Waals surface area contributed by atoms with Gasteiger partial charge in [-0.3, -0.25) is 0 Å². The number of sulfonamides is 1. The molecule has 18 heavy (non-hydrogen) atoms. The topological polar surface area (TPSA) is 72.2 Å². The van der Waals surface area contributed by atoms with Crippen molar-refractivity contribution in [2.45, 2.75) is 31.7 Å². The van der Waals surface area contributed by atoms with Gasteiger partial charge in [0.25, 0.3) is 0 Å². The van der Waals surface area contributed by atoms with E-state index >= 15 is 0 Å². The van der Waals surface area contributed by atoms with Gasteiger partial charge in [0.1, 0.15) is 5.82 Å². The van der Waals surface area contributed by atoms with E-state index in [0.717, 1.165) is 6.07 Å². The van der Waals surface area contributed by atoms with Crippen LogP contribution in [0.4, 0.5) is 4.39 Å². The third-order valence-electron chi connectivity index (χ3n) is 2.81. The van der Waals surface area contributed by atoms with Crippen molar-refractivity contribution >= 4 is 10.0 Å². The van der Waals surface area contributed by atoms with Crippen LogP contribution in [0.5, 0.6) is 0 Å². The van der Waals surface area contributed by atoms with E-state index in [1.54, 1.807) is 6.92 Å². The molecular weight excluding hydrogens is 255 g/mol. The SMILES string of the molecule is Cc1ccc(F)cc1S(=O)(=O)NCC(N)C(C)C. The number of aryl methyl sites for hydroxylation is 1. The van der Waals surface area contributed by atoms with Crippen molar-refractivity contribution in [2.24, 2.45) is 11.7 Å². The Hall–Kier alpha value is -0.980. The Kier molecular flexibility index (Phi) is 4.84. The molecule has 1 unspecified atom stereocenters. The third kappa shape index (κ3) is 3.76. The van der Waals surface area contributed by atoms with Crippen molar-refractivity contribution in [3.63, 3.8) is 0 Å². The minimum absolute atomic E-state index is 0.0431. The molecule has 1 aromatic carbocycles. The maximum Gasteiger partial charge on any atom is 0.240 e. The van der Waals surface area contributed by atoms with E-state index in [1.165, 1.54) is 12.1 Å². The Morgan fingerprint density at radius 3 is 2.56 bits per heavy atom. The normalized spacial score (nSPS) is 13.9. The highest BCUT2D eigenvalue weighted by molar-refractivity contribution is 7.89. The standard InChI is InChI=1S/C12H19FN2O2S/c1-8(2)11(14)7-15-18(16,17)12-6-10(13)5-4-9(12)3/h4-6,8,11,15H,7,14H2,1-3H3. The quantitative estimate of drug-likeness (QED) is 0.852. The van der Waals surface area contributed by atoms with Crippen LogP contribution in [-0.2, 0) is 10.0 Å². The number of benzene rings is 1. The zero-order chi connectivity index (χ0) is 13.9. The van der Waals surface area contributed by atoms with Gasteiger partial charge in [-0.05, 0) is 30.5 Å². The van der Waals surface area contributed by atoms with Crippen LogP contribution in [0.2, 0.25) is 0 Å². The summed E-state index contributed by atoms with van der Waals surface area (Å²) in [5.41, 5.74) is 6.27. The summed E-state index contributed by atoms with van der Waals surface area (Å²) in [7, 11) is -3.71. The predicted molar refractivity (Wildman–Crippen MR) is 69.1 cm³/mol. The predicted octanol–water partition coefficient (Wildman–Crippen LogP) is 1.40. The Bertz CT molecular complexity index is 515. The van der Waals surface area contributed by atoms with Crippen LogP contribution in [0.15, 0.2) is 23.1 Å². The number of hydrogen-bond donors (Lipinski definition) is 2. The van der Waals surface area contributed by atoms with E-state index in [2.05, 4.69) is 4.72 Å². The maximum atomic E-state index is 13.1. The Morgan fingerprint density at radius 2 is 2.00 bits per heavy atom. The summed E-state index contributed by atoms with van der Waals surface area (Å²) in [6, 6.07) is 3.41. The first-order chi connectivity index (χ1) is 8.24. The summed E-state index contributed by atoms with van der Waals surface area (Å²) in [5, 5.41) is 0. The number of rotatable bonds is 5. The van der Waals surface area contributed by atoms with Gasteiger partial charge in [-0.1, -0.05) is 19.9 Å². The van der Waals surface area contributed by atoms with Crippen LogP contribution in [-0.4, -0.2) is 21.0 Å². The average molecular weight is 274 g/mol. The van der Waals surface area contributed by atoms with Gasteiger partial charge in [-0.15, -0.1) is 0 Å². The first-order valence-corrected chi connectivity index (χ1v) is 7.23. The summed E-state index contributed by atoms with van der Waals surface area (Å²) < 4.78 is 39.5. The fourth-order valence-electron chi connectivity index (χ4n) is 1.38. The molecule has 0 saturated heterocycles. The summed E-state index contributed by atoms with van der Waals surface area (Å²) in [6.07, 6.45) is 0. The van der Waals surface area contributed by atoms with Crippen LogP contribution in [0.1, 0.15) is 19.4 Å². The molecular formula is C12H19FN2O2S. The lowest BCUT2D eigenvalue weighted by Crippen LogP contribution is -2.40. The molecule has 0 aliphatic heterocycles. The lowest BCUT2D eigenvalue weighted by molar-refractivity contribution is 0.481. The zero-order valence-corrected chi connectivity index (χ0v) is 11.6. The highest BCUT2D eigenvalue weighted by Crippen LogP contribution is 2.16. The van der Waals surface area contributed by atoms with E-state index < -0.39 is 15.8 Å². The molecule has 0 amide bonds. The number of hydrogen-bond acceptors (Lipinski definition) is 3. The largest absolute Gasteiger partial charge is 0.326 e. The van der Waals surface area contributed by atoms with Crippen LogP contribution >= 0.6 is 0 Å². The molecule has 1 rings (SSSR count). The fourth-order valence-corrected chi connectivity index (χ4v) is 2.71. The molecule has 0 spiro atoms. The number of nitrogens with two attached hydrogens (primary N) is 1. The fraction of sp³-hybridized carbons (Fsp3) is 0.500. The Balaban J connectivity index is 2.90. The summed E-state index contributed by atoms with van der Waals surface area (Å²) in [4.78, 5) is -0.0431. The van der Waals surface area contributed by atoms with Crippen molar-refractivity contribution in [3.8, 4) is 0 Å². The van der Waals surface area contributed by atoms with Crippen molar-refractivity contribution < 1.29 is 12.8 Å². The monoisotopic (exact) mass is 274 g/mol. The maximum absolute atomic E-state index is 13.1. The zero-order valence-electron chi connectivity index (χ0n) is 10.8. The van der Waals surface area contributed by atoms with Crippen molar-refractivity contribution in [3.05, 3.63) is 29.6 Å². The Labute approximate surface area is 107 Å². The molecule has 1 atom stereocenters. The van der Waals surface area contributed by atoms with E-state index in [1.807, 2.05) is 13.8 Å². The molecule has 0 aliphatic carbocycles. The van der Waals surface area contributed by atoms with Crippen molar-refractivity contribution in [1.29, 1.82) is 0 Å². The molecule has 4 nitrogen and oxygen atoms in total. The third-order valence-corrected chi connectivity index (χ3v) is 4.37. The van der Waals surface area contributed by atoms with Crippen LogP contribution in [0, 0.1) is 18.7 Å². The van der Waals surface area contributed by atoms with Crippen LogP contribution < -0.4 is 10.5 Å². The molecule has 102 valence electrons. The second-order valence-corrected chi connectivity index (χ2v) is 6.40. The van der Waals surface area contributed by atoms with Gasteiger partial charge >= 0.3 is 0 Å². The Morgan fingerprint density at radius 1 is 1.39 bits per heavy atom. The highest BCUT2D eigenvalue weighted by atomic mass is 32.2. The molecule has 3 N–H and O–H groups in total. The van der Waals surface area contributed by atoms with Gasteiger partial charge in [0.15, 0.2) is 0 Å². The van der Waals surface area contributed by atoms with Gasteiger partial charge in [0.05, 0.1) is 4.90 Å². The second kappa shape index (κ2) is 5.77. The van der Waals surface area contributed by atoms with Crippen molar-refractivity contribution in [1.82, 2.24) is 4.72 Å². The molecule has 0 saturated carbocycles. The van der Waals surface area contributed by atoms with Gasteiger partial charge in [0.2, 0.25) is 10.0 Å². The first-order valence-electron chi connectivity index (χ1n) is 5.75. The van der Waals surface area contributed by atoms with E-state index in [0.29, 0.717) is 5.56 Å². The van der Waals surface area contributed by atoms with Gasteiger partial charge in [-0.25, -0.2) is 17.5 Å². The lowest BCUT2D eigenvalue weighted by atomic mass is 10.1. The molecule has 0 fully saturated rings. The first kappa shape index (κ1) is 15.1.